The molecule has 1 N–H and O–H groups in total. The summed E-state index contributed by atoms with van der Waals surface area (Å²) in [5.41, 5.74) is 1.11. The van der Waals surface area contributed by atoms with Crippen LogP contribution in [-0.2, 0) is 10.0 Å². The van der Waals surface area contributed by atoms with Gasteiger partial charge >= 0.3 is 0 Å². The third kappa shape index (κ3) is 4.21. The normalized spacial score (nSPS) is 17.0. The Bertz CT molecular complexity index is 1020. The van der Waals surface area contributed by atoms with E-state index in [1.165, 1.54) is 21.7 Å². The maximum Gasteiger partial charge on any atom is 0.259 e. The third-order valence-corrected chi connectivity index (χ3v) is 8.64. The molecule has 1 saturated carbocycles. The lowest BCUT2D eigenvalue weighted by atomic mass is 10.1. The number of nitrogens with one attached hydrogen (secondary N) is 1. The van der Waals surface area contributed by atoms with E-state index in [2.05, 4.69) is 20.4 Å². The van der Waals surface area contributed by atoms with Gasteiger partial charge < -0.3 is 4.90 Å². The van der Waals surface area contributed by atoms with Gasteiger partial charge in [0.05, 0.1) is 10.5 Å². The maximum absolute atomic E-state index is 13.2. The van der Waals surface area contributed by atoms with Gasteiger partial charge in [-0.3, -0.25) is 10.1 Å². The first kappa shape index (κ1) is 21.2. The van der Waals surface area contributed by atoms with Crippen molar-refractivity contribution >= 4 is 38.1 Å². The Balaban J connectivity index is 1.67. The highest BCUT2D eigenvalue weighted by Crippen LogP contribution is 2.42. The monoisotopic (exact) mass is 449 g/mol. The summed E-state index contributed by atoms with van der Waals surface area (Å²) in [5.74, 6) is 0.114. The average Bonchev–Trinajstić information content (AvgIpc) is 3.24. The highest BCUT2D eigenvalue weighted by atomic mass is 32.2. The van der Waals surface area contributed by atoms with E-state index in [4.69, 9.17) is 0 Å². The summed E-state index contributed by atoms with van der Waals surface area (Å²) in [6.45, 7) is 6.08. The fraction of sp³-hybridized carbons (Fsp3) is 0.550. The Hall–Kier alpha value is -2.04. The molecule has 0 unspecified atom stereocenters. The summed E-state index contributed by atoms with van der Waals surface area (Å²) >= 11 is 1.39. The molecule has 1 aliphatic heterocycles. The molecule has 8 nitrogen and oxygen atoms in total. The molecule has 2 aliphatic rings. The van der Waals surface area contributed by atoms with Crippen LogP contribution in [0.25, 0.3) is 0 Å². The van der Waals surface area contributed by atoms with Gasteiger partial charge in [-0.05, 0) is 43.9 Å². The van der Waals surface area contributed by atoms with E-state index < -0.39 is 10.0 Å². The number of aromatic nitrogens is 2. The molecular weight excluding hydrogens is 422 g/mol. The van der Waals surface area contributed by atoms with Gasteiger partial charge in [-0.1, -0.05) is 25.2 Å². The quantitative estimate of drug-likeness (QED) is 0.664. The van der Waals surface area contributed by atoms with E-state index in [0.29, 0.717) is 29.7 Å². The molecule has 1 amide bonds. The molecule has 2 aromatic rings. The molecule has 0 bridgehead atoms. The zero-order chi connectivity index (χ0) is 21.3. The van der Waals surface area contributed by atoms with Crippen molar-refractivity contribution in [3.05, 3.63) is 28.8 Å². The second-order valence-electron chi connectivity index (χ2n) is 7.64. The van der Waals surface area contributed by atoms with Crippen molar-refractivity contribution in [2.45, 2.75) is 50.3 Å². The molecule has 1 aromatic carbocycles. The van der Waals surface area contributed by atoms with Crippen molar-refractivity contribution in [3.8, 4) is 0 Å². The molecule has 4 rings (SSSR count). The van der Waals surface area contributed by atoms with Crippen molar-refractivity contribution in [1.82, 2.24) is 14.5 Å². The summed E-state index contributed by atoms with van der Waals surface area (Å²) in [4.78, 5) is 15.4. The summed E-state index contributed by atoms with van der Waals surface area (Å²) in [6, 6.07) is 4.86. The zero-order valence-electron chi connectivity index (χ0n) is 17.3. The molecule has 0 radical (unpaired) electrons. The van der Waals surface area contributed by atoms with Crippen molar-refractivity contribution in [2.75, 3.05) is 36.4 Å². The summed E-state index contributed by atoms with van der Waals surface area (Å²) in [6.07, 6.45) is 4.35. The van der Waals surface area contributed by atoms with E-state index >= 15 is 0 Å². The number of anilines is 2. The molecule has 162 valence electrons. The Morgan fingerprint density at radius 1 is 1.20 bits per heavy atom. The van der Waals surface area contributed by atoms with Crippen LogP contribution in [0.2, 0.25) is 0 Å². The van der Waals surface area contributed by atoms with Crippen LogP contribution >= 0.6 is 11.3 Å². The van der Waals surface area contributed by atoms with Crippen LogP contribution in [0.4, 0.5) is 10.8 Å². The van der Waals surface area contributed by atoms with Gasteiger partial charge in [-0.25, -0.2) is 8.42 Å². The fourth-order valence-electron chi connectivity index (χ4n) is 3.75. The van der Waals surface area contributed by atoms with Gasteiger partial charge in [-0.2, -0.15) is 4.31 Å². The number of nitrogens with zero attached hydrogens (tertiary/aromatic N) is 4. The molecule has 0 atom stereocenters. The first-order chi connectivity index (χ1) is 14.4. The zero-order valence-corrected chi connectivity index (χ0v) is 18.9. The van der Waals surface area contributed by atoms with E-state index in [1.54, 1.807) is 26.0 Å². The van der Waals surface area contributed by atoms with Crippen LogP contribution in [0.15, 0.2) is 23.1 Å². The number of hydrogen-bond acceptors (Lipinski definition) is 7. The first-order valence-electron chi connectivity index (χ1n) is 10.5. The second-order valence-corrected chi connectivity index (χ2v) is 10.6. The first-order valence-corrected chi connectivity index (χ1v) is 12.7. The molecule has 1 saturated heterocycles. The summed E-state index contributed by atoms with van der Waals surface area (Å²) < 4.78 is 27.4. The largest absolute Gasteiger partial charge is 0.371 e. The van der Waals surface area contributed by atoms with Crippen LogP contribution < -0.4 is 10.2 Å². The smallest absolute Gasteiger partial charge is 0.259 e. The molecule has 10 heteroatoms. The minimum Gasteiger partial charge on any atom is -0.371 e. The van der Waals surface area contributed by atoms with Gasteiger partial charge in [0.25, 0.3) is 5.91 Å². The van der Waals surface area contributed by atoms with Gasteiger partial charge in [0.2, 0.25) is 15.2 Å². The highest BCUT2D eigenvalue weighted by Gasteiger charge is 2.29. The second kappa shape index (κ2) is 8.60. The predicted molar refractivity (Wildman–Crippen MR) is 118 cm³/mol. The van der Waals surface area contributed by atoms with Crippen LogP contribution in [0.3, 0.4) is 0 Å². The number of amides is 1. The summed E-state index contributed by atoms with van der Waals surface area (Å²) in [5, 5.41) is 12.5. The van der Waals surface area contributed by atoms with Crippen molar-refractivity contribution < 1.29 is 13.2 Å². The van der Waals surface area contributed by atoms with Gasteiger partial charge in [-0.15, -0.1) is 10.2 Å². The van der Waals surface area contributed by atoms with Gasteiger partial charge in [0, 0.05) is 37.8 Å². The number of carbonyl (C=O) groups excluding carboxylic acids is 1. The van der Waals surface area contributed by atoms with Crippen molar-refractivity contribution in [1.29, 1.82) is 0 Å². The highest BCUT2D eigenvalue weighted by molar-refractivity contribution is 7.89. The average molecular weight is 450 g/mol. The van der Waals surface area contributed by atoms with Crippen LogP contribution in [0.5, 0.6) is 0 Å². The van der Waals surface area contributed by atoms with E-state index in [9.17, 15) is 13.2 Å². The minimum atomic E-state index is -3.66. The molecule has 2 fully saturated rings. The Morgan fingerprint density at radius 2 is 1.90 bits per heavy atom. The standard InChI is InChI=1S/C20H27N5O3S2/c1-3-25(4-2)30(27,28)15-9-10-17(24-11-5-6-12-24)16(13-15)18(26)21-20-23-22-19(29-20)14-7-8-14/h9-10,13-14H,3-8,11-12H2,1-2H3,(H,21,23,26). The molecule has 2 heterocycles. The molecular formula is C20H27N5O3S2. The van der Waals surface area contributed by atoms with Gasteiger partial charge in [0.1, 0.15) is 5.01 Å². The minimum absolute atomic E-state index is 0.134. The number of carbonyl (C=O) groups is 1. The van der Waals surface area contributed by atoms with E-state index in [-0.39, 0.29) is 10.8 Å². The number of rotatable bonds is 8. The molecule has 1 aliphatic carbocycles. The van der Waals surface area contributed by atoms with E-state index in [0.717, 1.165) is 49.5 Å². The van der Waals surface area contributed by atoms with Gasteiger partial charge in [0.15, 0.2) is 0 Å². The molecule has 30 heavy (non-hydrogen) atoms. The third-order valence-electron chi connectivity index (χ3n) is 5.59. The van der Waals surface area contributed by atoms with E-state index in [1.807, 2.05) is 0 Å². The molecule has 0 spiro atoms. The van der Waals surface area contributed by atoms with Crippen molar-refractivity contribution in [2.24, 2.45) is 0 Å². The number of sulfonamides is 1. The van der Waals surface area contributed by atoms with Crippen molar-refractivity contribution in [3.63, 3.8) is 0 Å². The fourth-order valence-corrected chi connectivity index (χ4v) is 6.14. The molecule has 1 aromatic heterocycles. The lowest BCUT2D eigenvalue weighted by Crippen LogP contribution is -2.31. The maximum atomic E-state index is 13.2. The van der Waals surface area contributed by atoms with Crippen LogP contribution in [-0.4, -0.2) is 55.0 Å². The lowest BCUT2D eigenvalue weighted by molar-refractivity contribution is 0.102. The number of benzene rings is 1. The SMILES string of the molecule is CCN(CC)S(=O)(=O)c1ccc(N2CCCC2)c(C(=O)Nc2nnc(C3CC3)s2)c1. The van der Waals surface area contributed by atoms with Crippen LogP contribution in [0, 0.1) is 0 Å². The van der Waals surface area contributed by atoms with Crippen LogP contribution in [0.1, 0.15) is 60.8 Å². The Kier molecular flexibility index (Phi) is 6.08. The Labute approximate surface area is 181 Å². The lowest BCUT2D eigenvalue weighted by Gasteiger charge is -2.23. The summed E-state index contributed by atoms with van der Waals surface area (Å²) in [7, 11) is -3.66. The topological polar surface area (TPSA) is 95.5 Å². The number of hydrogen-bond donors (Lipinski definition) is 1. The predicted octanol–water partition coefficient (Wildman–Crippen LogP) is 3.30. The Morgan fingerprint density at radius 3 is 2.53 bits per heavy atom.